The average molecular weight is 374 g/mol. The summed E-state index contributed by atoms with van der Waals surface area (Å²) in [6.07, 6.45) is 3.22. The molecule has 0 atom stereocenters. The van der Waals surface area contributed by atoms with Crippen LogP contribution in [0.3, 0.4) is 0 Å². The lowest BCUT2D eigenvalue weighted by molar-refractivity contribution is -0.116. The smallest absolute Gasteiger partial charge is 0.251 e. The fourth-order valence-electron chi connectivity index (χ4n) is 2.63. The first-order chi connectivity index (χ1) is 13.5. The number of carbonyl (C=O) groups excluding carboxylic acids is 2. The molecule has 2 aromatic carbocycles. The quantitative estimate of drug-likeness (QED) is 0.513. The molecule has 1 aromatic heterocycles. The molecule has 0 spiro atoms. The first-order valence-electron chi connectivity index (χ1n) is 9.07. The van der Waals surface area contributed by atoms with E-state index in [9.17, 15) is 9.59 Å². The van der Waals surface area contributed by atoms with Crippen LogP contribution in [0.1, 0.15) is 27.3 Å². The third-order valence-electron chi connectivity index (χ3n) is 4.27. The molecule has 142 valence electrons. The highest BCUT2D eigenvalue weighted by molar-refractivity contribution is 5.97. The van der Waals surface area contributed by atoms with E-state index in [1.165, 1.54) is 6.08 Å². The van der Waals surface area contributed by atoms with Crippen molar-refractivity contribution in [1.29, 1.82) is 0 Å². The average Bonchev–Trinajstić information content (AvgIpc) is 2.71. The van der Waals surface area contributed by atoms with Crippen LogP contribution in [-0.4, -0.2) is 34.9 Å². The number of amides is 2. The van der Waals surface area contributed by atoms with Crippen molar-refractivity contribution in [1.82, 2.24) is 20.6 Å². The predicted octanol–water partition coefficient (Wildman–Crippen LogP) is 2.81. The molecule has 3 rings (SSSR count). The minimum Gasteiger partial charge on any atom is -0.351 e. The van der Waals surface area contributed by atoms with E-state index in [0.29, 0.717) is 24.2 Å². The molecule has 2 amide bonds. The number of hydrogen-bond acceptors (Lipinski definition) is 4. The van der Waals surface area contributed by atoms with E-state index in [1.54, 1.807) is 24.3 Å². The second kappa shape index (κ2) is 8.90. The molecule has 0 saturated carbocycles. The van der Waals surface area contributed by atoms with Gasteiger partial charge in [0.2, 0.25) is 5.91 Å². The molecule has 1 heterocycles. The van der Waals surface area contributed by atoms with Gasteiger partial charge in [0.1, 0.15) is 0 Å². The van der Waals surface area contributed by atoms with Gasteiger partial charge in [0.15, 0.2) is 0 Å². The zero-order chi connectivity index (χ0) is 19.9. The summed E-state index contributed by atoms with van der Waals surface area (Å²) in [5.74, 6) is -0.416. The van der Waals surface area contributed by atoms with Crippen molar-refractivity contribution in [3.05, 3.63) is 77.1 Å². The van der Waals surface area contributed by atoms with Gasteiger partial charge in [-0.3, -0.25) is 9.59 Å². The summed E-state index contributed by atoms with van der Waals surface area (Å²) in [6, 6.07) is 14.8. The van der Waals surface area contributed by atoms with Gasteiger partial charge in [0, 0.05) is 24.7 Å². The highest BCUT2D eigenvalue weighted by Gasteiger charge is 2.08. The van der Waals surface area contributed by atoms with Crippen molar-refractivity contribution >= 4 is 28.9 Å². The van der Waals surface area contributed by atoms with Crippen molar-refractivity contribution in [2.24, 2.45) is 0 Å². The van der Waals surface area contributed by atoms with Gasteiger partial charge in [-0.25, -0.2) is 9.97 Å². The number of fused-ring (bicyclic) bond motifs is 1. The number of rotatable bonds is 6. The highest BCUT2D eigenvalue weighted by atomic mass is 16.2. The van der Waals surface area contributed by atoms with Crippen molar-refractivity contribution in [2.75, 3.05) is 13.1 Å². The van der Waals surface area contributed by atoms with Crippen LogP contribution in [0.4, 0.5) is 0 Å². The second-order valence-corrected chi connectivity index (χ2v) is 6.39. The molecule has 6 heteroatoms. The van der Waals surface area contributed by atoms with Crippen LogP contribution in [0.2, 0.25) is 0 Å². The van der Waals surface area contributed by atoms with Crippen LogP contribution < -0.4 is 10.6 Å². The van der Waals surface area contributed by atoms with Crippen LogP contribution in [0.15, 0.2) is 54.6 Å². The Labute approximate surface area is 163 Å². The van der Waals surface area contributed by atoms with E-state index >= 15 is 0 Å². The Morgan fingerprint density at radius 3 is 2.32 bits per heavy atom. The van der Waals surface area contributed by atoms with Crippen molar-refractivity contribution in [3.63, 3.8) is 0 Å². The maximum atomic E-state index is 12.3. The number of hydrogen-bond donors (Lipinski definition) is 2. The van der Waals surface area contributed by atoms with Gasteiger partial charge in [-0.15, -0.1) is 0 Å². The van der Waals surface area contributed by atoms with Gasteiger partial charge in [0.25, 0.3) is 5.91 Å². The third kappa shape index (κ3) is 5.01. The number of nitrogens with zero attached hydrogens (tertiary/aromatic N) is 2. The van der Waals surface area contributed by atoms with Crippen molar-refractivity contribution in [3.8, 4) is 0 Å². The maximum Gasteiger partial charge on any atom is 0.251 e. The van der Waals surface area contributed by atoms with Crippen LogP contribution in [0, 0.1) is 13.8 Å². The Bertz CT molecular complexity index is 1030. The molecule has 0 fully saturated rings. The molecule has 0 aliphatic carbocycles. The van der Waals surface area contributed by atoms with E-state index in [-0.39, 0.29) is 11.8 Å². The summed E-state index contributed by atoms with van der Waals surface area (Å²) in [5, 5.41) is 5.53. The molecule has 0 radical (unpaired) electrons. The molecule has 3 aromatic rings. The van der Waals surface area contributed by atoms with Crippen molar-refractivity contribution in [2.45, 2.75) is 13.8 Å². The lowest BCUT2D eigenvalue weighted by Gasteiger charge is -2.07. The van der Waals surface area contributed by atoms with E-state index < -0.39 is 0 Å². The van der Waals surface area contributed by atoms with Gasteiger partial charge in [-0.2, -0.15) is 0 Å². The number of benzene rings is 2. The summed E-state index contributed by atoms with van der Waals surface area (Å²) in [5.41, 5.74) is 4.64. The topological polar surface area (TPSA) is 84.0 Å². The first-order valence-corrected chi connectivity index (χ1v) is 9.07. The second-order valence-electron chi connectivity index (χ2n) is 6.39. The Hall–Kier alpha value is -3.54. The lowest BCUT2D eigenvalue weighted by atomic mass is 10.1. The number of nitrogens with one attached hydrogen (secondary N) is 2. The van der Waals surface area contributed by atoms with Gasteiger partial charge < -0.3 is 10.6 Å². The SMILES string of the molecule is Cc1nc2ccc(C(=O)NCCNC(=O)/C=C/c3ccccc3)cc2nc1C. The molecule has 0 aliphatic rings. The first kappa shape index (κ1) is 19.2. The van der Waals surface area contributed by atoms with Gasteiger partial charge in [-0.05, 0) is 43.7 Å². The minimum atomic E-state index is -0.212. The zero-order valence-electron chi connectivity index (χ0n) is 15.9. The molecule has 0 saturated heterocycles. The van der Waals surface area contributed by atoms with E-state index in [1.807, 2.05) is 44.2 Å². The standard InChI is InChI=1S/C22H22N4O2/c1-15-16(2)26-20-14-18(9-10-19(20)25-15)22(28)24-13-12-23-21(27)11-8-17-6-4-3-5-7-17/h3-11,14H,12-13H2,1-2H3,(H,23,27)(H,24,28)/b11-8+. The largest absolute Gasteiger partial charge is 0.351 e. The minimum absolute atomic E-state index is 0.204. The van der Waals surface area contributed by atoms with Crippen LogP contribution >= 0.6 is 0 Å². The van der Waals surface area contributed by atoms with E-state index in [2.05, 4.69) is 20.6 Å². The third-order valence-corrected chi connectivity index (χ3v) is 4.27. The number of aryl methyl sites for hydroxylation is 2. The number of aromatic nitrogens is 2. The molecule has 0 aliphatic heterocycles. The van der Waals surface area contributed by atoms with Gasteiger partial charge in [-0.1, -0.05) is 30.3 Å². The summed E-state index contributed by atoms with van der Waals surface area (Å²) in [7, 11) is 0. The summed E-state index contributed by atoms with van der Waals surface area (Å²) >= 11 is 0. The van der Waals surface area contributed by atoms with Crippen LogP contribution in [0.25, 0.3) is 17.1 Å². The van der Waals surface area contributed by atoms with Gasteiger partial charge in [0.05, 0.1) is 22.4 Å². The molecular formula is C22H22N4O2. The molecule has 2 N–H and O–H groups in total. The van der Waals surface area contributed by atoms with Crippen LogP contribution in [0.5, 0.6) is 0 Å². The summed E-state index contributed by atoms with van der Waals surface area (Å²) < 4.78 is 0. The van der Waals surface area contributed by atoms with E-state index in [4.69, 9.17) is 0 Å². The molecule has 0 bridgehead atoms. The number of carbonyl (C=O) groups is 2. The molecule has 0 unspecified atom stereocenters. The Morgan fingerprint density at radius 2 is 1.57 bits per heavy atom. The summed E-state index contributed by atoms with van der Waals surface area (Å²) in [4.78, 5) is 33.1. The van der Waals surface area contributed by atoms with Gasteiger partial charge >= 0.3 is 0 Å². The monoisotopic (exact) mass is 374 g/mol. The molecular weight excluding hydrogens is 352 g/mol. The fraction of sp³-hybridized carbons (Fsp3) is 0.182. The fourth-order valence-corrected chi connectivity index (χ4v) is 2.63. The van der Waals surface area contributed by atoms with Crippen LogP contribution in [-0.2, 0) is 4.79 Å². The maximum absolute atomic E-state index is 12.3. The normalized spacial score (nSPS) is 10.9. The van der Waals surface area contributed by atoms with E-state index in [0.717, 1.165) is 22.5 Å². The lowest BCUT2D eigenvalue weighted by Crippen LogP contribution is -2.34. The Morgan fingerprint density at radius 1 is 0.893 bits per heavy atom. The predicted molar refractivity (Wildman–Crippen MR) is 110 cm³/mol. The molecule has 6 nitrogen and oxygen atoms in total. The molecule has 28 heavy (non-hydrogen) atoms. The Balaban J connectivity index is 1.49. The highest BCUT2D eigenvalue weighted by Crippen LogP contribution is 2.14. The Kier molecular flexibility index (Phi) is 6.11. The zero-order valence-corrected chi connectivity index (χ0v) is 15.9. The summed E-state index contributed by atoms with van der Waals surface area (Å²) in [6.45, 7) is 4.48. The van der Waals surface area contributed by atoms with Crippen molar-refractivity contribution < 1.29 is 9.59 Å².